The van der Waals surface area contributed by atoms with E-state index >= 15 is 0 Å². The van der Waals surface area contributed by atoms with Crippen molar-refractivity contribution in [3.8, 4) is 11.9 Å². The van der Waals surface area contributed by atoms with E-state index in [2.05, 4.69) is 27.0 Å². The van der Waals surface area contributed by atoms with Crippen molar-refractivity contribution >= 4 is 15.9 Å². The second-order valence-electron chi connectivity index (χ2n) is 2.60. The molecule has 1 heterocycles. The van der Waals surface area contributed by atoms with Crippen LogP contribution < -0.4 is 4.74 Å². The highest BCUT2D eigenvalue weighted by molar-refractivity contribution is 9.10. The Hall–Kier alpha value is -1.08. The fourth-order valence-corrected chi connectivity index (χ4v) is 1.34. The molecule has 1 rings (SSSR count). The number of ether oxygens (including phenoxy) is 1. The van der Waals surface area contributed by atoms with Crippen LogP contribution in [0.1, 0.15) is 18.4 Å². The number of hydrogen-bond donors (Lipinski definition) is 0. The summed E-state index contributed by atoms with van der Waals surface area (Å²) in [6.07, 6.45) is 1.65. The highest BCUT2D eigenvalue weighted by atomic mass is 79.9. The fourth-order valence-electron chi connectivity index (χ4n) is 0.993. The third-order valence-electron chi connectivity index (χ3n) is 1.70. The molecule has 3 nitrogen and oxygen atoms in total. The van der Waals surface area contributed by atoms with Crippen LogP contribution >= 0.6 is 15.9 Å². The molecule has 68 valence electrons. The summed E-state index contributed by atoms with van der Waals surface area (Å²) in [4.78, 5) is 4.05. The average Bonchev–Trinajstić information content (AvgIpc) is 2.16. The van der Waals surface area contributed by atoms with Gasteiger partial charge in [-0.1, -0.05) is 0 Å². The van der Waals surface area contributed by atoms with Gasteiger partial charge in [0.05, 0.1) is 19.1 Å². The quantitative estimate of drug-likeness (QED) is 0.798. The molecule has 0 amide bonds. The van der Waals surface area contributed by atoms with Gasteiger partial charge in [0.25, 0.3) is 0 Å². The molecule has 0 aliphatic carbocycles. The van der Waals surface area contributed by atoms with Gasteiger partial charge in [0.1, 0.15) is 0 Å². The maximum Gasteiger partial charge on any atom is 0.217 e. The van der Waals surface area contributed by atoms with E-state index in [0.717, 1.165) is 10.0 Å². The molecule has 0 saturated carbocycles. The minimum absolute atomic E-state index is 0.208. The number of rotatable bonds is 2. The maximum absolute atomic E-state index is 8.75. The average molecular weight is 241 g/mol. The molecule has 1 unspecified atom stereocenters. The van der Waals surface area contributed by atoms with E-state index in [-0.39, 0.29) is 5.92 Å². The molecular weight excluding hydrogens is 232 g/mol. The summed E-state index contributed by atoms with van der Waals surface area (Å²) in [7, 11) is 1.55. The van der Waals surface area contributed by atoms with Crippen LogP contribution in [0.5, 0.6) is 5.88 Å². The van der Waals surface area contributed by atoms with Gasteiger partial charge in [0.15, 0.2) is 0 Å². The monoisotopic (exact) mass is 240 g/mol. The maximum atomic E-state index is 8.75. The Labute approximate surface area is 85.5 Å². The normalized spacial score (nSPS) is 11.8. The van der Waals surface area contributed by atoms with Gasteiger partial charge in [-0.25, -0.2) is 4.98 Å². The second-order valence-corrected chi connectivity index (χ2v) is 3.52. The third-order valence-corrected chi connectivity index (χ3v) is 2.13. The predicted molar refractivity (Wildman–Crippen MR) is 52.5 cm³/mol. The number of pyridine rings is 1. The molecule has 0 bridgehead atoms. The highest BCUT2D eigenvalue weighted by Crippen LogP contribution is 2.26. The van der Waals surface area contributed by atoms with Crippen LogP contribution in [0.25, 0.3) is 0 Å². The molecule has 0 N–H and O–H groups in total. The molecule has 0 radical (unpaired) electrons. The Morgan fingerprint density at radius 1 is 1.69 bits per heavy atom. The van der Waals surface area contributed by atoms with Crippen LogP contribution in [0.3, 0.4) is 0 Å². The first-order chi connectivity index (χ1) is 6.19. The van der Waals surface area contributed by atoms with Crippen molar-refractivity contribution in [1.82, 2.24) is 4.98 Å². The Morgan fingerprint density at radius 3 is 2.92 bits per heavy atom. The zero-order valence-corrected chi connectivity index (χ0v) is 9.00. The molecular formula is C9H9BrN2O. The number of halogens is 1. The lowest BCUT2D eigenvalue weighted by molar-refractivity contribution is 0.391. The molecule has 0 aliphatic heterocycles. The predicted octanol–water partition coefficient (Wildman–Crippen LogP) is 2.48. The van der Waals surface area contributed by atoms with Gasteiger partial charge >= 0.3 is 0 Å². The van der Waals surface area contributed by atoms with Crippen molar-refractivity contribution in [3.63, 3.8) is 0 Å². The number of aromatic nitrogens is 1. The van der Waals surface area contributed by atoms with Gasteiger partial charge in [-0.15, -0.1) is 0 Å². The summed E-state index contributed by atoms with van der Waals surface area (Å²) in [6.45, 7) is 1.81. The van der Waals surface area contributed by atoms with Crippen molar-refractivity contribution in [3.05, 3.63) is 22.3 Å². The van der Waals surface area contributed by atoms with E-state index in [1.54, 1.807) is 13.3 Å². The van der Waals surface area contributed by atoms with Crippen LogP contribution in [0.15, 0.2) is 16.7 Å². The second kappa shape index (κ2) is 4.24. The van der Waals surface area contributed by atoms with Gasteiger partial charge in [0.2, 0.25) is 5.88 Å². The summed E-state index contributed by atoms with van der Waals surface area (Å²) in [5, 5.41) is 8.75. The van der Waals surface area contributed by atoms with Crippen LogP contribution in [0.4, 0.5) is 0 Å². The molecule has 0 aromatic carbocycles. The molecule has 1 atom stereocenters. The fraction of sp³-hybridized carbons (Fsp3) is 0.333. The summed E-state index contributed by atoms with van der Waals surface area (Å²) in [6, 6.07) is 3.99. The third kappa shape index (κ3) is 2.19. The topological polar surface area (TPSA) is 45.9 Å². The standard InChI is InChI=1S/C9H9BrN2O/c1-6(4-11)8-3-7(10)5-12-9(8)13-2/h3,5-6H,1-2H3. The van der Waals surface area contributed by atoms with E-state index in [1.807, 2.05) is 13.0 Å². The van der Waals surface area contributed by atoms with E-state index in [0.29, 0.717) is 5.88 Å². The molecule has 1 aromatic heterocycles. The van der Waals surface area contributed by atoms with Gasteiger partial charge in [0, 0.05) is 16.2 Å². The van der Waals surface area contributed by atoms with E-state index < -0.39 is 0 Å². The molecule has 0 spiro atoms. The summed E-state index contributed by atoms with van der Waals surface area (Å²) < 4.78 is 5.89. The number of nitriles is 1. The number of nitrogens with zero attached hydrogens (tertiary/aromatic N) is 2. The molecule has 1 aromatic rings. The summed E-state index contributed by atoms with van der Waals surface area (Å²) in [5.74, 6) is 0.303. The van der Waals surface area contributed by atoms with Gasteiger partial charge in [-0.2, -0.15) is 5.26 Å². The van der Waals surface area contributed by atoms with Crippen LogP contribution in [0.2, 0.25) is 0 Å². The molecule has 4 heteroatoms. The Morgan fingerprint density at radius 2 is 2.38 bits per heavy atom. The summed E-state index contributed by atoms with van der Waals surface area (Å²) >= 11 is 3.30. The lowest BCUT2D eigenvalue weighted by Crippen LogP contribution is -1.97. The first kappa shape index (κ1) is 10.0. The van der Waals surface area contributed by atoms with Gasteiger partial charge in [-0.3, -0.25) is 0 Å². The lowest BCUT2D eigenvalue weighted by Gasteiger charge is -2.08. The van der Waals surface area contributed by atoms with Crippen molar-refractivity contribution in [2.75, 3.05) is 7.11 Å². The first-order valence-electron chi connectivity index (χ1n) is 3.78. The van der Waals surface area contributed by atoms with Crippen LogP contribution in [-0.2, 0) is 0 Å². The molecule has 13 heavy (non-hydrogen) atoms. The Bertz CT molecular complexity index is 346. The van der Waals surface area contributed by atoms with Gasteiger partial charge in [-0.05, 0) is 28.9 Å². The van der Waals surface area contributed by atoms with E-state index in [9.17, 15) is 0 Å². The zero-order valence-electron chi connectivity index (χ0n) is 7.41. The Balaban J connectivity index is 3.17. The minimum atomic E-state index is -0.208. The minimum Gasteiger partial charge on any atom is -0.481 e. The largest absolute Gasteiger partial charge is 0.481 e. The van der Waals surface area contributed by atoms with E-state index in [4.69, 9.17) is 10.00 Å². The summed E-state index contributed by atoms with van der Waals surface area (Å²) in [5.41, 5.74) is 0.805. The van der Waals surface area contributed by atoms with E-state index in [1.165, 1.54) is 0 Å². The molecule has 0 aliphatic rings. The first-order valence-corrected chi connectivity index (χ1v) is 4.57. The zero-order chi connectivity index (χ0) is 9.84. The van der Waals surface area contributed by atoms with Crippen LogP contribution in [-0.4, -0.2) is 12.1 Å². The van der Waals surface area contributed by atoms with Crippen molar-refractivity contribution in [1.29, 1.82) is 5.26 Å². The van der Waals surface area contributed by atoms with Crippen molar-refractivity contribution < 1.29 is 4.74 Å². The number of methoxy groups -OCH3 is 1. The highest BCUT2D eigenvalue weighted by Gasteiger charge is 2.11. The molecule has 0 fully saturated rings. The molecule has 0 saturated heterocycles. The SMILES string of the molecule is COc1ncc(Br)cc1C(C)C#N. The smallest absolute Gasteiger partial charge is 0.217 e. The Kier molecular flexibility index (Phi) is 3.26. The van der Waals surface area contributed by atoms with Crippen LogP contribution in [0, 0.1) is 11.3 Å². The lowest BCUT2D eigenvalue weighted by atomic mass is 10.1. The van der Waals surface area contributed by atoms with Gasteiger partial charge < -0.3 is 4.74 Å². The van der Waals surface area contributed by atoms with Crippen molar-refractivity contribution in [2.45, 2.75) is 12.8 Å². The van der Waals surface area contributed by atoms with Crippen molar-refractivity contribution in [2.24, 2.45) is 0 Å². The number of hydrogen-bond acceptors (Lipinski definition) is 3.